The molecule has 0 spiro atoms. The number of rotatable bonds is 3. The number of nitrogens with one attached hydrogen (secondary N) is 1. The molecule has 0 saturated carbocycles. The number of hydrogen-bond acceptors (Lipinski definition) is 1. The summed E-state index contributed by atoms with van der Waals surface area (Å²) in [6.45, 7) is 10.00. The molecule has 0 fully saturated rings. The lowest BCUT2D eigenvalue weighted by molar-refractivity contribution is -0.124. The first-order valence-corrected chi connectivity index (χ1v) is 5.76. The monoisotopic (exact) mass is 219 g/mol. The summed E-state index contributed by atoms with van der Waals surface area (Å²) in [6, 6.07) is 6.04. The molecule has 2 nitrogen and oxygen atoms in total. The summed E-state index contributed by atoms with van der Waals surface area (Å²) in [5, 5.41) is 3.03. The van der Waals surface area contributed by atoms with E-state index >= 15 is 0 Å². The van der Waals surface area contributed by atoms with Crippen LogP contribution in [0.25, 0.3) is 0 Å². The normalized spacial score (nSPS) is 11.3. The first kappa shape index (κ1) is 12.8. The molecular weight excluding hydrogens is 198 g/mol. The van der Waals surface area contributed by atoms with Gasteiger partial charge in [-0.2, -0.15) is 0 Å². The van der Waals surface area contributed by atoms with Gasteiger partial charge in [-0.05, 0) is 31.4 Å². The zero-order valence-corrected chi connectivity index (χ0v) is 10.8. The van der Waals surface area contributed by atoms with E-state index in [-0.39, 0.29) is 11.3 Å². The molecule has 0 unspecified atom stereocenters. The lowest BCUT2D eigenvalue weighted by Crippen LogP contribution is -2.30. The van der Waals surface area contributed by atoms with Gasteiger partial charge in [0.15, 0.2) is 0 Å². The minimum atomic E-state index is -0.311. The van der Waals surface area contributed by atoms with E-state index < -0.39 is 0 Å². The molecule has 16 heavy (non-hydrogen) atoms. The molecule has 1 aromatic rings. The minimum absolute atomic E-state index is 0.0902. The summed E-state index contributed by atoms with van der Waals surface area (Å²) < 4.78 is 0. The van der Waals surface area contributed by atoms with Gasteiger partial charge in [-0.15, -0.1) is 0 Å². The van der Waals surface area contributed by atoms with Gasteiger partial charge in [0.1, 0.15) is 0 Å². The highest BCUT2D eigenvalue weighted by Gasteiger charge is 2.25. The Morgan fingerprint density at radius 1 is 1.25 bits per heavy atom. The van der Waals surface area contributed by atoms with Gasteiger partial charge in [0.25, 0.3) is 0 Å². The summed E-state index contributed by atoms with van der Waals surface area (Å²) >= 11 is 0. The molecule has 0 aliphatic heterocycles. The number of carbonyl (C=O) groups is 1. The van der Waals surface area contributed by atoms with Crippen molar-refractivity contribution in [1.82, 2.24) is 0 Å². The molecule has 88 valence electrons. The van der Waals surface area contributed by atoms with Crippen molar-refractivity contribution in [2.24, 2.45) is 5.41 Å². The second-order valence-electron chi connectivity index (χ2n) is 4.96. The maximum absolute atomic E-state index is 12.1. The van der Waals surface area contributed by atoms with Gasteiger partial charge in [0, 0.05) is 11.1 Å². The molecule has 1 N–H and O–H groups in total. The Balaban J connectivity index is 2.94. The van der Waals surface area contributed by atoms with E-state index in [1.165, 1.54) is 0 Å². The predicted octanol–water partition coefficient (Wildman–Crippen LogP) is 3.68. The lowest BCUT2D eigenvalue weighted by atomic mass is 9.89. The third-order valence-corrected chi connectivity index (χ3v) is 3.22. The summed E-state index contributed by atoms with van der Waals surface area (Å²) in [7, 11) is 0. The molecule has 0 aliphatic rings. The van der Waals surface area contributed by atoms with E-state index in [1.54, 1.807) is 0 Å². The highest BCUT2D eigenvalue weighted by molar-refractivity contribution is 5.96. The van der Waals surface area contributed by atoms with E-state index in [2.05, 4.69) is 5.32 Å². The molecule has 0 radical (unpaired) electrons. The van der Waals surface area contributed by atoms with Gasteiger partial charge >= 0.3 is 0 Å². The standard InChI is InChI=1S/C14H21NO/c1-6-14(4,5)13(16)15-12-10(2)8-7-9-11(12)3/h7-9H,6H2,1-5H3,(H,15,16). The topological polar surface area (TPSA) is 29.1 Å². The van der Waals surface area contributed by atoms with Gasteiger partial charge < -0.3 is 5.32 Å². The molecule has 1 aromatic carbocycles. The fraction of sp³-hybridized carbons (Fsp3) is 0.500. The Morgan fingerprint density at radius 3 is 2.19 bits per heavy atom. The summed E-state index contributed by atoms with van der Waals surface area (Å²) in [6.07, 6.45) is 0.837. The maximum Gasteiger partial charge on any atom is 0.230 e. The Bertz CT molecular complexity index is 373. The number of benzene rings is 1. The number of aryl methyl sites for hydroxylation is 2. The van der Waals surface area contributed by atoms with Gasteiger partial charge in [-0.25, -0.2) is 0 Å². The van der Waals surface area contributed by atoms with Crippen LogP contribution in [0.15, 0.2) is 18.2 Å². The molecule has 0 aliphatic carbocycles. The van der Waals surface area contributed by atoms with Crippen LogP contribution in [0, 0.1) is 19.3 Å². The minimum Gasteiger partial charge on any atom is -0.325 e. The first-order valence-electron chi connectivity index (χ1n) is 5.76. The van der Waals surface area contributed by atoms with Crippen molar-refractivity contribution < 1.29 is 4.79 Å². The Morgan fingerprint density at radius 2 is 1.75 bits per heavy atom. The third kappa shape index (κ3) is 2.63. The fourth-order valence-corrected chi connectivity index (χ4v) is 1.45. The average Bonchev–Trinajstić information content (AvgIpc) is 2.23. The van der Waals surface area contributed by atoms with Gasteiger partial charge in [-0.1, -0.05) is 39.0 Å². The largest absolute Gasteiger partial charge is 0.325 e. The van der Waals surface area contributed by atoms with Crippen LogP contribution < -0.4 is 5.32 Å². The van der Waals surface area contributed by atoms with Gasteiger partial charge in [0.2, 0.25) is 5.91 Å². The molecule has 1 amide bonds. The summed E-state index contributed by atoms with van der Waals surface area (Å²) in [4.78, 5) is 12.1. The summed E-state index contributed by atoms with van der Waals surface area (Å²) in [5.41, 5.74) is 2.86. The molecule has 0 atom stereocenters. The van der Waals surface area contributed by atoms with E-state index in [1.807, 2.05) is 52.8 Å². The second-order valence-corrected chi connectivity index (χ2v) is 4.96. The number of anilines is 1. The number of para-hydroxylation sites is 1. The fourth-order valence-electron chi connectivity index (χ4n) is 1.45. The van der Waals surface area contributed by atoms with Gasteiger partial charge in [-0.3, -0.25) is 4.79 Å². The van der Waals surface area contributed by atoms with Crippen molar-refractivity contribution >= 4 is 11.6 Å². The Hall–Kier alpha value is -1.31. The van der Waals surface area contributed by atoms with Crippen molar-refractivity contribution in [2.45, 2.75) is 41.0 Å². The van der Waals surface area contributed by atoms with E-state index in [0.29, 0.717) is 0 Å². The quantitative estimate of drug-likeness (QED) is 0.825. The molecule has 0 bridgehead atoms. The van der Waals surface area contributed by atoms with Crippen LogP contribution in [-0.4, -0.2) is 5.91 Å². The second kappa shape index (κ2) is 4.69. The predicted molar refractivity (Wildman–Crippen MR) is 68.6 cm³/mol. The molecule has 0 aromatic heterocycles. The Labute approximate surface area is 98.1 Å². The van der Waals surface area contributed by atoms with Crippen LogP contribution in [0.3, 0.4) is 0 Å². The number of amides is 1. The van der Waals surface area contributed by atoms with Crippen molar-refractivity contribution in [3.05, 3.63) is 29.3 Å². The van der Waals surface area contributed by atoms with Crippen molar-refractivity contribution in [3.63, 3.8) is 0 Å². The molecule has 2 heteroatoms. The van der Waals surface area contributed by atoms with Crippen LogP contribution >= 0.6 is 0 Å². The highest BCUT2D eigenvalue weighted by atomic mass is 16.2. The smallest absolute Gasteiger partial charge is 0.230 e. The molecule has 0 heterocycles. The number of hydrogen-bond donors (Lipinski definition) is 1. The molecular formula is C14H21NO. The lowest BCUT2D eigenvalue weighted by Gasteiger charge is -2.23. The zero-order chi connectivity index (χ0) is 12.3. The van der Waals surface area contributed by atoms with Crippen LogP contribution in [0.4, 0.5) is 5.69 Å². The molecule has 0 saturated heterocycles. The van der Waals surface area contributed by atoms with Crippen molar-refractivity contribution in [1.29, 1.82) is 0 Å². The van der Waals surface area contributed by atoms with Crippen molar-refractivity contribution in [2.75, 3.05) is 5.32 Å². The van der Waals surface area contributed by atoms with E-state index in [0.717, 1.165) is 23.2 Å². The van der Waals surface area contributed by atoms with E-state index in [9.17, 15) is 4.79 Å². The average molecular weight is 219 g/mol. The third-order valence-electron chi connectivity index (χ3n) is 3.22. The van der Waals surface area contributed by atoms with Crippen LogP contribution in [0.5, 0.6) is 0 Å². The Kier molecular flexibility index (Phi) is 3.74. The zero-order valence-electron chi connectivity index (χ0n) is 10.8. The van der Waals surface area contributed by atoms with Crippen LogP contribution in [0.1, 0.15) is 38.3 Å². The van der Waals surface area contributed by atoms with Crippen LogP contribution in [-0.2, 0) is 4.79 Å². The molecule has 1 rings (SSSR count). The van der Waals surface area contributed by atoms with Crippen molar-refractivity contribution in [3.8, 4) is 0 Å². The highest BCUT2D eigenvalue weighted by Crippen LogP contribution is 2.25. The van der Waals surface area contributed by atoms with E-state index in [4.69, 9.17) is 0 Å². The SMILES string of the molecule is CCC(C)(C)C(=O)Nc1c(C)cccc1C. The summed E-state index contributed by atoms with van der Waals surface area (Å²) in [5.74, 6) is 0.0902. The van der Waals surface area contributed by atoms with Gasteiger partial charge in [0.05, 0.1) is 0 Å². The first-order chi connectivity index (χ1) is 7.38. The maximum atomic E-state index is 12.1. The number of carbonyl (C=O) groups excluding carboxylic acids is 1. The van der Waals surface area contributed by atoms with Crippen LogP contribution in [0.2, 0.25) is 0 Å².